The molecule has 1 N–H and O–H groups in total. The van der Waals surface area contributed by atoms with Gasteiger partial charge in [-0.05, 0) is 12.0 Å². The van der Waals surface area contributed by atoms with E-state index in [0.29, 0.717) is 6.42 Å². The summed E-state index contributed by atoms with van der Waals surface area (Å²) < 4.78 is 28.3. The summed E-state index contributed by atoms with van der Waals surface area (Å²) in [5.74, 6) is -1.52. The minimum absolute atomic E-state index is 0.0417. The van der Waals surface area contributed by atoms with E-state index in [2.05, 4.69) is 5.32 Å². The van der Waals surface area contributed by atoms with Gasteiger partial charge in [-0.2, -0.15) is 0 Å². The van der Waals surface area contributed by atoms with Gasteiger partial charge in [0.1, 0.15) is 0 Å². The first-order valence-corrected chi connectivity index (χ1v) is 9.57. The van der Waals surface area contributed by atoms with Crippen molar-refractivity contribution in [2.24, 2.45) is 0 Å². The molecule has 0 aromatic heterocycles. The Morgan fingerprint density at radius 1 is 1.29 bits per heavy atom. The highest BCUT2D eigenvalue weighted by Crippen LogP contribution is 2.18. The van der Waals surface area contributed by atoms with Crippen molar-refractivity contribution in [3.63, 3.8) is 0 Å². The highest BCUT2D eigenvalue weighted by atomic mass is 32.2. The molecule has 1 aromatic rings. The van der Waals surface area contributed by atoms with Gasteiger partial charge in [-0.1, -0.05) is 30.3 Å². The fourth-order valence-corrected chi connectivity index (χ4v) is 4.38. The van der Waals surface area contributed by atoms with Crippen molar-refractivity contribution in [3.8, 4) is 0 Å². The first-order chi connectivity index (χ1) is 11.4. The molecule has 1 atom stereocenters. The molecule has 132 valence electrons. The zero-order valence-electron chi connectivity index (χ0n) is 13.6. The van der Waals surface area contributed by atoms with E-state index < -0.39 is 27.7 Å². The van der Waals surface area contributed by atoms with Gasteiger partial charge in [0.25, 0.3) is 0 Å². The van der Waals surface area contributed by atoms with Crippen molar-refractivity contribution in [3.05, 3.63) is 35.9 Å². The average molecular weight is 354 g/mol. The van der Waals surface area contributed by atoms with Crippen LogP contribution < -0.4 is 5.32 Å². The maximum atomic E-state index is 12.4. The van der Waals surface area contributed by atoms with Gasteiger partial charge in [0.15, 0.2) is 9.84 Å². The second kappa shape index (κ2) is 8.25. The second-order valence-electron chi connectivity index (χ2n) is 5.72. The number of carbonyl (C=O) groups is 2. The molecule has 1 aromatic carbocycles. The third-order valence-electron chi connectivity index (χ3n) is 3.94. The number of hydrogen-bond acceptors (Lipinski definition) is 5. The van der Waals surface area contributed by atoms with E-state index in [1.165, 1.54) is 12.0 Å². The summed E-state index contributed by atoms with van der Waals surface area (Å²) >= 11 is 0. The molecule has 0 aliphatic carbocycles. The summed E-state index contributed by atoms with van der Waals surface area (Å²) in [6.45, 7) is 0.676. The van der Waals surface area contributed by atoms with Gasteiger partial charge in [0.2, 0.25) is 0 Å². The number of nitrogens with one attached hydrogen (secondary N) is 1. The van der Waals surface area contributed by atoms with Crippen LogP contribution in [0.5, 0.6) is 0 Å². The summed E-state index contributed by atoms with van der Waals surface area (Å²) in [6, 6.07) is 8.77. The molecule has 1 aliphatic rings. The lowest BCUT2D eigenvalue weighted by atomic mass is 10.2. The summed E-state index contributed by atoms with van der Waals surface area (Å²) in [4.78, 5) is 25.9. The summed E-state index contributed by atoms with van der Waals surface area (Å²) in [7, 11) is -1.66. The van der Waals surface area contributed by atoms with Crippen LogP contribution in [0.2, 0.25) is 0 Å². The van der Waals surface area contributed by atoms with Crippen LogP contribution >= 0.6 is 0 Å². The molecular formula is C16H22N2O5S. The van der Waals surface area contributed by atoms with Gasteiger partial charge in [0.05, 0.1) is 18.1 Å². The number of rotatable bonds is 6. The predicted octanol–water partition coefficient (Wildman–Crippen LogP) is -0.0351. The van der Waals surface area contributed by atoms with Crippen LogP contribution in [-0.4, -0.2) is 62.9 Å². The van der Waals surface area contributed by atoms with E-state index in [1.807, 2.05) is 30.3 Å². The number of hydrogen-bond donors (Lipinski definition) is 1. The van der Waals surface area contributed by atoms with Gasteiger partial charge < -0.3 is 15.0 Å². The Morgan fingerprint density at radius 3 is 2.58 bits per heavy atom. The molecule has 7 nitrogen and oxygen atoms in total. The topological polar surface area (TPSA) is 92.8 Å². The van der Waals surface area contributed by atoms with E-state index >= 15 is 0 Å². The van der Waals surface area contributed by atoms with Crippen LogP contribution in [0.3, 0.4) is 0 Å². The zero-order chi connectivity index (χ0) is 17.6. The third-order valence-corrected chi connectivity index (χ3v) is 5.69. The van der Waals surface area contributed by atoms with Crippen molar-refractivity contribution in [1.29, 1.82) is 0 Å². The number of sulfone groups is 1. The Morgan fingerprint density at radius 2 is 2.00 bits per heavy atom. The van der Waals surface area contributed by atoms with E-state index in [-0.39, 0.29) is 31.2 Å². The summed E-state index contributed by atoms with van der Waals surface area (Å²) in [6.07, 6.45) is 0.351. The van der Waals surface area contributed by atoms with Crippen molar-refractivity contribution >= 4 is 21.7 Å². The number of ether oxygens (including phenoxy) is 1. The van der Waals surface area contributed by atoms with Gasteiger partial charge in [-0.25, -0.2) is 8.42 Å². The molecule has 2 rings (SSSR count). The smallest absolute Gasteiger partial charge is 0.312 e. The molecule has 8 heteroatoms. The molecule has 1 saturated heterocycles. The maximum Gasteiger partial charge on any atom is 0.312 e. The molecule has 1 unspecified atom stereocenters. The number of amides is 2. The number of carbonyl (C=O) groups excluding carboxylic acids is 2. The number of benzene rings is 1. The van der Waals surface area contributed by atoms with Crippen molar-refractivity contribution in [1.82, 2.24) is 10.2 Å². The van der Waals surface area contributed by atoms with Gasteiger partial charge in [0, 0.05) is 26.2 Å². The van der Waals surface area contributed by atoms with Crippen LogP contribution in [0.4, 0.5) is 0 Å². The average Bonchev–Trinajstić information content (AvgIpc) is 2.93. The molecular weight excluding hydrogens is 332 g/mol. The Balaban J connectivity index is 1.99. The van der Waals surface area contributed by atoms with Gasteiger partial charge in [-0.3, -0.25) is 9.59 Å². The molecule has 2 amide bonds. The zero-order valence-corrected chi connectivity index (χ0v) is 14.4. The SMILES string of the molecule is COCCN(C(=O)C(=O)NCc1ccccc1)C1CCS(=O)(=O)C1. The second-order valence-corrected chi connectivity index (χ2v) is 7.95. The van der Waals surface area contributed by atoms with Gasteiger partial charge in [-0.15, -0.1) is 0 Å². The molecule has 0 bridgehead atoms. The lowest BCUT2D eigenvalue weighted by molar-refractivity contribution is -0.147. The van der Waals surface area contributed by atoms with Crippen LogP contribution in [0.1, 0.15) is 12.0 Å². The molecule has 1 heterocycles. The van der Waals surface area contributed by atoms with E-state index in [9.17, 15) is 18.0 Å². The van der Waals surface area contributed by atoms with Crippen molar-refractivity contribution < 1.29 is 22.7 Å². The quantitative estimate of drug-likeness (QED) is 0.724. The van der Waals surface area contributed by atoms with Crippen LogP contribution in [0.25, 0.3) is 0 Å². The fraction of sp³-hybridized carbons (Fsp3) is 0.500. The Labute approximate surface area is 141 Å². The normalized spacial score (nSPS) is 19.0. The van der Waals surface area contributed by atoms with Crippen LogP contribution in [0, 0.1) is 0 Å². The van der Waals surface area contributed by atoms with Crippen LogP contribution in [-0.2, 0) is 30.7 Å². The lowest BCUT2D eigenvalue weighted by Crippen LogP contribution is -2.49. The van der Waals surface area contributed by atoms with Crippen LogP contribution in [0.15, 0.2) is 30.3 Å². The maximum absolute atomic E-state index is 12.4. The Kier molecular flexibility index (Phi) is 6.33. The largest absolute Gasteiger partial charge is 0.383 e. The molecule has 24 heavy (non-hydrogen) atoms. The lowest BCUT2D eigenvalue weighted by Gasteiger charge is -2.27. The van der Waals surface area contributed by atoms with Crippen molar-refractivity contribution in [2.45, 2.75) is 19.0 Å². The predicted molar refractivity (Wildman–Crippen MR) is 88.9 cm³/mol. The number of nitrogens with zero attached hydrogens (tertiary/aromatic N) is 1. The first kappa shape index (κ1) is 18.4. The highest BCUT2D eigenvalue weighted by molar-refractivity contribution is 7.91. The van der Waals surface area contributed by atoms with E-state index in [4.69, 9.17) is 4.74 Å². The molecule has 1 aliphatic heterocycles. The van der Waals surface area contributed by atoms with Crippen molar-refractivity contribution in [2.75, 3.05) is 31.8 Å². The monoisotopic (exact) mass is 354 g/mol. The minimum Gasteiger partial charge on any atom is -0.383 e. The fourth-order valence-electron chi connectivity index (χ4n) is 2.65. The third kappa shape index (κ3) is 5.04. The molecule has 0 radical (unpaired) electrons. The van der Waals surface area contributed by atoms with E-state index in [1.54, 1.807) is 0 Å². The first-order valence-electron chi connectivity index (χ1n) is 7.75. The molecule has 0 spiro atoms. The Bertz CT molecular complexity index is 675. The molecule has 1 fully saturated rings. The molecule has 0 saturated carbocycles. The Hall–Kier alpha value is -1.93. The summed E-state index contributed by atoms with van der Waals surface area (Å²) in [5.41, 5.74) is 0.880. The van der Waals surface area contributed by atoms with E-state index in [0.717, 1.165) is 5.56 Å². The minimum atomic E-state index is -3.15. The highest BCUT2D eigenvalue weighted by Gasteiger charge is 2.36. The standard InChI is InChI=1S/C16H22N2O5S/c1-23-9-8-18(14-7-10-24(21,22)12-14)16(20)15(19)17-11-13-5-3-2-4-6-13/h2-6,14H,7-12H2,1H3,(H,17,19). The van der Waals surface area contributed by atoms with Gasteiger partial charge >= 0.3 is 11.8 Å². The number of methoxy groups -OCH3 is 1. The summed E-state index contributed by atoms with van der Waals surface area (Å²) in [5, 5.41) is 2.58.